The van der Waals surface area contributed by atoms with E-state index < -0.39 is 0 Å². The Kier molecular flexibility index (Phi) is 7.26. The Hall–Kier alpha value is -6.00. The van der Waals surface area contributed by atoms with Gasteiger partial charge in [-0.2, -0.15) is 0 Å². The summed E-state index contributed by atoms with van der Waals surface area (Å²) in [5, 5.41) is 5.23. The van der Waals surface area contributed by atoms with Gasteiger partial charge in [-0.1, -0.05) is 146 Å². The van der Waals surface area contributed by atoms with Gasteiger partial charge in [0.1, 0.15) is 0 Å². The lowest BCUT2D eigenvalue weighted by atomic mass is 9.97. The van der Waals surface area contributed by atoms with Crippen molar-refractivity contribution < 1.29 is 0 Å². The number of hydrogen-bond donors (Lipinski definition) is 0. The lowest BCUT2D eigenvalue weighted by Gasteiger charge is -2.29. The number of nitrogens with zero attached hydrogens (tertiary/aromatic N) is 1. The first-order valence-corrected chi connectivity index (χ1v) is 18.9. The molecule has 0 N–H and O–H groups in total. The highest BCUT2D eigenvalue weighted by Crippen LogP contribution is 2.50. The Morgan fingerprint density at radius 3 is 1.55 bits per heavy atom. The first kappa shape index (κ1) is 29.9. The highest BCUT2D eigenvalue weighted by molar-refractivity contribution is 7.26. The van der Waals surface area contributed by atoms with Gasteiger partial charge in [-0.3, -0.25) is 0 Å². The van der Waals surface area contributed by atoms with Crippen LogP contribution >= 0.6 is 22.7 Å². The van der Waals surface area contributed by atoms with Crippen LogP contribution in [0.2, 0.25) is 0 Å². The van der Waals surface area contributed by atoms with Crippen molar-refractivity contribution in [2.45, 2.75) is 0 Å². The molecule has 3 heteroatoms. The maximum Gasteiger partial charge on any atom is 0.0718 e. The smallest absolute Gasteiger partial charge is 0.0718 e. The second-order valence-electron chi connectivity index (χ2n) is 12.9. The lowest BCUT2D eigenvalue weighted by Crippen LogP contribution is -2.11. The van der Waals surface area contributed by atoms with Crippen LogP contribution in [0.3, 0.4) is 0 Å². The SMILES string of the molecule is c1ccc(-c2ccc(N(c3ccc(-c4cccc5sc6ccccc6c45)cc3)c3c(-c4ccccc4)ccc4c3sc3ccccc34)cc2)cc1. The largest absolute Gasteiger partial charge is 0.308 e. The average Bonchev–Trinajstić information content (AvgIpc) is 3.78. The van der Waals surface area contributed by atoms with Crippen LogP contribution in [0.4, 0.5) is 17.1 Å². The third-order valence-corrected chi connectivity index (χ3v) is 12.2. The molecule has 0 bridgehead atoms. The summed E-state index contributed by atoms with van der Waals surface area (Å²) in [5.74, 6) is 0. The standard InChI is InChI=1S/C48H31NS2/c1-3-12-32(13-4-1)33-22-26-36(27-23-33)49(37-28-24-35(25-29-37)38-18-11-21-45-46(38)42-17-8-10-20-44(42)50-45)47-39(34-14-5-2-6-15-34)30-31-41-40-16-7-9-19-43(40)51-48(41)47/h1-31H. The van der Waals surface area contributed by atoms with Gasteiger partial charge in [-0.25, -0.2) is 0 Å². The summed E-state index contributed by atoms with van der Waals surface area (Å²) in [7, 11) is 0. The fourth-order valence-electron chi connectivity index (χ4n) is 7.49. The Morgan fingerprint density at radius 1 is 0.314 bits per heavy atom. The molecule has 2 heterocycles. The number of thiophene rings is 2. The molecule has 0 aliphatic rings. The first-order chi connectivity index (χ1) is 25.3. The summed E-state index contributed by atoms with van der Waals surface area (Å²) in [4.78, 5) is 2.47. The van der Waals surface area contributed by atoms with Gasteiger partial charge in [0.25, 0.3) is 0 Å². The van der Waals surface area contributed by atoms with E-state index in [1.165, 1.54) is 79.4 Å². The second-order valence-corrected chi connectivity index (χ2v) is 15.0. The van der Waals surface area contributed by atoms with E-state index in [1.807, 2.05) is 22.7 Å². The molecule has 0 unspecified atom stereocenters. The molecule has 0 radical (unpaired) electrons. The second kappa shape index (κ2) is 12.4. The van der Waals surface area contributed by atoms with Crippen molar-refractivity contribution >= 4 is 80.1 Å². The van der Waals surface area contributed by atoms with Crippen LogP contribution in [0.25, 0.3) is 73.7 Å². The molecule has 1 nitrogen and oxygen atoms in total. The van der Waals surface area contributed by atoms with Gasteiger partial charge < -0.3 is 4.90 Å². The zero-order valence-electron chi connectivity index (χ0n) is 27.7. The lowest BCUT2D eigenvalue weighted by molar-refractivity contribution is 1.30. The van der Waals surface area contributed by atoms with E-state index in [0.717, 1.165) is 11.4 Å². The van der Waals surface area contributed by atoms with Gasteiger partial charge in [-0.05, 0) is 70.3 Å². The normalized spacial score (nSPS) is 11.5. The minimum absolute atomic E-state index is 1.12. The van der Waals surface area contributed by atoms with E-state index in [4.69, 9.17) is 0 Å². The molecule has 0 fully saturated rings. The van der Waals surface area contributed by atoms with Crippen molar-refractivity contribution in [2.24, 2.45) is 0 Å². The number of hydrogen-bond acceptors (Lipinski definition) is 3. The maximum atomic E-state index is 2.47. The molecule has 2 aromatic heterocycles. The Bertz CT molecular complexity index is 2830. The van der Waals surface area contributed by atoms with Crippen LogP contribution in [0.15, 0.2) is 188 Å². The van der Waals surface area contributed by atoms with Crippen molar-refractivity contribution in [2.75, 3.05) is 4.90 Å². The van der Waals surface area contributed by atoms with E-state index in [2.05, 4.69) is 193 Å². The van der Waals surface area contributed by atoms with Crippen molar-refractivity contribution in [1.82, 2.24) is 0 Å². The molecule has 0 amide bonds. The summed E-state index contributed by atoms with van der Waals surface area (Å²) in [6.45, 7) is 0. The van der Waals surface area contributed by atoms with Crippen LogP contribution in [-0.2, 0) is 0 Å². The minimum atomic E-state index is 1.12. The molecule has 51 heavy (non-hydrogen) atoms. The third-order valence-electron chi connectivity index (χ3n) is 9.90. The van der Waals surface area contributed by atoms with Crippen molar-refractivity contribution in [1.29, 1.82) is 0 Å². The van der Waals surface area contributed by atoms with E-state index in [9.17, 15) is 0 Å². The summed E-state index contributed by atoms with van der Waals surface area (Å²) < 4.78 is 5.22. The van der Waals surface area contributed by atoms with Gasteiger partial charge in [0.15, 0.2) is 0 Å². The third kappa shape index (κ3) is 5.13. The van der Waals surface area contributed by atoms with E-state index >= 15 is 0 Å². The van der Waals surface area contributed by atoms with E-state index in [-0.39, 0.29) is 0 Å². The van der Waals surface area contributed by atoms with Gasteiger partial charge in [0, 0.05) is 52.6 Å². The Morgan fingerprint density at radius 2 is 0.843 bits per heavy atom. The zero-order valence-corrected chi connectivity index (χ0v) is 29.3. The van der Waals surface area contributed by atoms with Gasteiger partial charge in [0.05, 0.1) is 10.4 Å². The molecule has 0 aliphatic carbocycles. The highest BCUT2D eigenvalue weighted by Gasteiger charge is 2.23. The number of benzene rings is 8. The fourth-order valence-corrected chi connectivity index (χ4v) is 9.87. The van der Waals surface area contributed by atoms with Gasteiger partial charge in [-0.15, -0.1) is 22.7 Å². The molecule has 0 spiro atoms. The predicted molar refractivity (Wildman–Crippen MR) is 223 cm³/mol. The van der Waals surface area contributed by atoms with Crippen LogP contribution in [0.5, 0.6) is 0 Å². The van der Waals surface area contributed by atoms with Gasteiger partial charge >= 0.3 is 0 Å². The van der Waals surface area contributed by atoms with Gasteiger partial charge in [0.2, 0.25) is 0 Å². The topological polar surface area (TPSA) is 3.24 Å². The molecular formula is C48H31NS2. The van der Waals surface area contributed by atoms with Crippen LogP contribution in [0.1, 0.15) is 0 Å². The predicted octanol–water partition coefficient (Wildman–Crippen LogP) is 14.9. The number of fused-ring (bicyclic) bond motifs is 6. The molecule has 0 saturated heterocycles. The summed E-state index contributed by atoms with van der Waals surface area (Å²) in [6, 6.07) is 68.6. The quantitative estimate of drug-likeness (QED) is 0.168. The highest BCUT2D eigenvalue weighted by atomic mass is 32.1. The average molecular weight is 686 g/mol. The molecule has 240 valence electrons. The van der Waals surface area contributed by atoms with Crippen LogP contribution in [0, 0.1) is 0 Å². The monoisotopic (exact) mass is 685 g/mol. The molecule has 8 aromatic carbocycles. The minimum Gasteiger partial charge on any atom is -0.308 e. The molecular weight excluding hydrogens is 655 g/mol. The van der Waals surface area contributed by atoms with Crippen molar-refractivity contribution in [3.63, 3.8) is 0 Å². The summed E-state index contributed by atoms with van der Waals surface area (Å²) in [5.41, 5.74) is 10.8. The molecule has 0 atom stereocenters. The zero-order chi connectivity index (χ0) is 33.7. The number of rotatable bonds is 6. The maximum absolute atomic E-state index is 2.47. The van der Waals surface area contributed by atoms with Crippen LogP contribution in [-0.4, -0.2) is 0 Å². The molecule has 0 aliphatic heterocycles. The van der Waals surface area contributed by atoms with E-state index in [0.29, 0.717) is 0 Å². The fraction of sp³-hybridized carbons (Fsp3) is 0. The van der Waals surface area contributed by atoms with E-state index in [1.54, 1.807) is 0 Å². The Labute approximate surface area is 304 Å². The molecule has 10 rings (SSSR count). The summed E-state index contributed by atoms with van der Waals surface area (Å²) in [6.07, 6.45) is 0. The first-order valence-electron chi connectivity index (χ1n) is 17.3. The Balaban J connectivity index is 1.20. The molecule has 10 aromatic rings. The number of anilines is 3. The van der Waals surface area contributed by atoms with Crippen molar-refractivity contribution in [3.05, 3.63) is 188 Å². The molecule has 0 saturated carbocycles. The van der Waals surface area contributed by atoms with Crippen LogP contribution < -0.4 is 4.90 Å². The van der Waals surface area contributed by atoms with Crippen molar-refractivity contribution in [3.8, 4) is 33.4 Å². The summed E-state index contributed by atoms with van der Waals surface area (Å²) >= 11 is 3.75.